The smallest absolute Gasteiger partial charge is 0.345 e. The zero-order valence-electron chi connectivity index (χ0n) is 20.8. The summed E-state index contributed by atoms with van der Waals surface area (Å²) in [5, 5.41) is 58.6. The first-order valence-electron chi connectivity index (χ1n) is 11.7. The lowest BCUT2D eigenvalue weighted by molar-refractivity contribution is -0.160. The van der Waals surface area contributed by atoms with Gasteiger partial charge in [-0.15, -0.1) is 0 Å². The number of carbonyl (C=O) groups excluding carboxylic acids is 2. The molecule has 12 heteroatoms. The quantitative estimate of drug-likeness (QED) is 0.136. The third-order valence-corrected chi connectivity index (χ3v) is 6.24. The number of aliphatic carboxylic acids is 1. The van der Waals surface area contributed by atoms with Crippen LogP contribution < -0.4 is 4.74 Å². The summed E-state index contributed by atoms with van der Waals surface area (Å²) in [6.07, 6.45) is -0.798. The van der Waals surface area contributed by atoms with Gasteiger partial charge in [0, 0.05) is 18.1 Å². The molecule has 0 aliphatic carbocycles. The van der Waals surface area contributed by atoms with Gasteiger partial charge in [-0.2, -0.15) is 0 Å². The summed E-state index contributed by atoms with van der Waals surface area (Å²) in [7, 11) is 1.15. The Kier molecular flexibility index (Phi) is 7.71. The summed E-state index contributed by atoms with van der Waals surface area (Å²) < 4.78 is 15.9. The van der Waals surface area contributed by atoms with Crippen LogP contribution in [0.2, 0.25) is 0 Å². The minimum atomic E-state index is -1.62. The van der Waals surface area contributed by atoms with Gasteiger partial charge in [-0.1, -0.05) is 18.2 Å². The largest absolute Gasteiger partial charge is 0.504 e. The number of aromatic hydroxyl groups is 5. The fraction of sp³-hybridized carbons (Fsp3) is 0.179. The molecule has 0 amide bonds. The van der Waals surface area contributed by atoms with E-state index in [1.54, 1.807) is 0 Å². The number of hydrogen-bond acceptors (Lipinski definition) is 11. The molecule has 208 valence electrons. The van der Waals surface area contributed by atoms with E-state index in [0.717, 1.165) is 19.3 Å². The zero-order chi connectivity index (χ0) is 29.1. The van der Waals surface area contributed by atoms with E-state index in [1.165, 1.54) is 48.5 Å². The molecular formula is C28H24O12. The molecule has 3 aromatic carbocycles. The first-order chi connectivity index (χ1) is 19.0. The molecule has 0 saturated carbocycles. The molecule has 1 aliphatic heterocycles. The Labute approximate surface area is 226 Å². The SMILES string of the molecule is COC(=O)C1c2c(/C=C/C(=O)OC(Cc3ccc(O)c(O)c3)C(=O)O)ccc(O)c2O[C@H]1c1ccc(O)c(O)c1. The molecular weight excluding hydrogens is 528 g/mol. The summed E-state index contributed by atoms with van der Waals surface area (Å²) in [6.45, 7) is 0. The molecule has 0 spiro atoms. The lowest BCUT2D eigenvalue weighted by Crippen LogP contribution is -2.28. The van der Waals surface area contributed by atoms with Crippen LogP contribution >= 0.6 is 0 Å². The Morgan fingerprint density at radius 3 is 2.17 bits per heavy atom. The maximum Gasteiger partial charge on any atom is 0.345 e. The number of fused-ring (bicyclic) bond motifs is 1. The number of carbonyl (C=O) groups is 3. The van der Waals surface area contributed by atoms with E-state index in [0.29, 0.717) is 11.1 Å². The van der Waals surface area contributed by atoms with Gasteiger partial charge in [0.2, 0.25) is 6.10 Å². The predicted molar refractivity (Wildman–Crippen MR) is 136 cm³/mol. The third kappa shape index (κ3) is 5.55. The van der Waals surface area contributed by atoms with Crippen molar-refractivity contribution in [2.75, 3.05) is 7.11 Å². The van der Waals surface area contributed by atoms with Crippen molar-refractivity contribution in [3.05, 3.63) is 76.9 Å². The van der Waals surface area contributed by atoms with E-state index < -0.39 is 53.3 Å². The number of hydrogen-bond donors (Lipinski definition) is 6. The van der Waals surface area contributed by atoms with Crippen LogP contribution in [-0.4, -0.2) is 61.8 Å². The van der Waals surface area contributed by atoms with Crippen molar-refractivity contribution < 1.29 is 59.2 Å². The Morgan fingerprint density at radius 1 is 0.900 bits per heavy atom. The average Bonchev–Trinajstić information content (AvgIpc) is 3.33. The highest BCUT2D eigenvalue weighted by molar-refractivity contribution is 5.91. The maximum absolute atomic E-state index is 12.8. The second kappa shape index (κ2) is 11.2. The zero-order valence-corrected chi connectivity index (χ0v) is 20.8. The number of carboxylic acids is 1. The van der Waals surface area contributed by atoms with Crippen LogP contribution in [-0.2, 0) is 30.3 Å². The van der Waals surface area contributed by atoms with Crippen molar-refractivity contribution in [2.45, 2.75) is 24.5 Å². The first-order valence-corrected chi connectivity index (χ1v) is 11.7. The van der Waals surface area contributed by atoms with Crippen molar-refractivity contribution in [1.82, 2.24) is 0 Å². The minimum absolute atomic E-state index is 0.0703. The second-order valence-electron chi connectivity index (χ2n) is 8.83. The van der Waals surface area contributed by atoms with Crippen molar-refractivity contribution in [3.63, 3.8) is 0 Å². The van der Waals surface area contributed by atoms with Crippen molar-refractivity contribution in [3.8, 4) is 34.5 Å². The van der Waals surface area contributed by atoms with Gasteiger partial charge >= 0.3 is 17.9 Å². The van der Waals surface area contributed by atoms with Gasteiger partial charge in [0.1, 0.15) is 12.0 Å². The summed E-state index contributed by atoms with van der Waals surface area (Å²) >= 11 is 0. The summed E-state index contributed by atoms with van der Waals surface area (Å²) in [4.78, 5) is 37.1. The van der Waals surface area contributed by atoms with Gasteiger partial charge in [0.15, 0.2) is 34.5 Å². The number of benzene rings is 3. The van der Waals surface area contributed by atoms with Gasteiger partial charge in [0.05, 0.1) is 7.11 Å². The number of phenols is 5. The number of carboxylic acid groups (broad SMARTS) is 1. The Morgan fingerprint density at radius 2 is 1.55 bits per heavy atom. The van der Waals surface area contributed by atoms with Crippen LogP contribution in [0.3, 0.4) is 0 Å². The Balaban J connectivity index is 1.61. The molecule has 4 rings (SSSR count). The molecule has 0 radical (unpaired) electrons. The predicted octanol–water partition coefficient (Wildman–Crippen LogP) is 2.86. The number of ether oxygens (including phenoxy) is 3. The topological polar surface area (TPSA) is 200 Å². The highest BCUT2D eigenvalue weighted by atomic mass is 16.6. The van der Waals surface area contributed by atoms with Gasteiger partial charge in [-0.05, 0) is 53.1 Å². The van der Waals surface area contributed by atoms with Crippen molar-refractivity contribution >= 4 is 24.0 Å². The van der Waals surface area contributed by atoms with E-state index in [-0.39, 0.29) is 34.8 Å². The lowest BCUT2D eigenvalue weighted by Gasteiger charge is -2.18. The fourth-order valence-electron chi connectivity index (χ4n) is 4.31. The van der Waals surface area contributed by atoms with Crippen LogP contribution in [0.25, 0.3) is 6.08 Å². The van der Waals surface area contributed by atoms with Gasteiger partial charge in [-0.25, -0.2) is 9.59 Å². The number of methoxy groups -OCH3 is 1. The van der Waals surface area contributed by atoms with Crippen molar-refractivity contribution in [1.29, 1.82) is 0 Å². The van der Waals surface area contributed by atoms with E-state index >= 15 is 0 Å². The van der Waals surface area contributed by atoms with Gasteiger partial charge in [-0.3, -0.25) is 4.79 Å². The molecule has 0 saturated heterocycles. The molecule has 40 heavy (non-hydrogen) atoms. The van der Waals surface area contributed by atoms with Crippen LogP contribution in [0, 0.1) is 0 Å². The molecule has 3 aromatic rings. The van der Waals surface area contributed by atoms with Gasteiger partial charge in [0.25, 0.3) is 0 Å². The normalized spacial score (nSPS) is 16.6. The molecule has 12 nitrogen and oxygen atoms in total. The van der Waals surface area contributed by atoms with Crippen molar-refractivity contribution in [2.24, 2.45) is 0 Å². The monoisotopic (exact) mass is 552 g/mol. The summed E-state index contributed by atoms with van der Waals surface area (Å²) in [6, 6.07) is 10.2. The Bertz CT molecular complexity index is 1510. The molecule has 1 aliphatic rings. The van der Waals surface area contributed by atoms with E-state index in [2.05, 4.69) is 0 Å². The molecule has 0 fully saturated rings. The summed E-state index contributed by atoms with van der Waals surface area (Å²) in [5.74, 6) is -6.46. The first kappa shape index (κ1) is 27.6. The van der Waals surface area contributed by atoms with Crippen LogP contribution in [0.5, 0.6) is 34.5 Å². The maximum atomic E-state index is 12.8. The average molecular weight is 552 g/mol. The highest BCUT2D eigenvalue weighted by Crippen LogP contribution is 2.52. The van der Waals surface area contributed by atoms with Crippen LogP contribution in [0.4, 0.5) is 0 Å². The summed E-state index contributed by atoms with van der Waals surface area (Å²) in [5.41, 5.74) is 1.00. The van der Waals surface area contributed by atoms with E-state index in [4.69, 9.17) is 14.2 Å². The van der Waals surface area contributed by atoms with Gasteiger partial charge < -0.3 is 44.8 Å². The molecule has 2 unspecified atom stereocenters. The van der Waals surface area contributed by atoms with Crippen LogP contribution in [0.15, 0.2) is 54.6 Å². The number of rotatable bonds is 8. The van der Waals surface area contributed by atoms with Crippen LogP contribution in [0.1, 0.15) is 34.3 Å². The number of phenolic OH excluding ortho intramolecular Hbond substituents is 5. The number of esters is 2. The Hall–Kier alpha value is -5.39. The third-order valence-electron chi connectivity index (χ3n) is 6.24. The molecule has 6 N–H and O–H groups in total. The minimum Gasteiger partial charge on any atom is -0.504 e. The highest BCUT2D eigenvalue weighted by Gasteiger charge is 2.44. The van der Waals surface area contributed by atoms with E-state index in [1.807, 2.05) is 0 Å². The second-order valence-corrected chi connectivity index (χ2v) is 8.83. The molecule has 0 aromatic heterocycles. The lowest BCUT2D eigenvalue weighted by atomic mass is 9.87. The standard InChI is InChI=1S/C28H24O12/c1-38-28(37)24-23-14(3-8-18(31)26(23)40-25(24)15-4-7-17(30)20(33)12-15)5-9-22(34)39-21(27(35)36)11-13-2-6-16(29)19(32)10-13/h2-10,12,21,24-25,29-33H,11H2,1H3,(H,35,36)/b9-5+/t21?,24?,25-/m0/s1. The molecule has 1 heterocycles. The molecule has 3 atom stereocenters. The van der Waals surface area contributed by atoms with E-state index in [9.17, 15) is 45.0 Å². The fourth-order valence-corrected chi connectivity index (χ4v) is 4.31. The molecule has 0 bridgehead atoms.